The Morgan fingerprint density at radius 1 is 1.11 bits per heavy atom. The zero-order valence-corrected chi connectivity index (χ0v) is 26.6. The van der Waals surface area contributed by atoms with Crippen LogP contribution in [0.25, 0.3) is 22.4 Å². The lowest BCUT2D eigenvalue weighted by Crippen LogP contribution is -2.43. The van der Waals surface area contributed by atoms with Crippen LogP contribution >= 0.6 is 11.6 Å². The van der Waals surface area contributed by atoms with Gasteiger partial charge < -0.3 is 20.7 Å². The molecule has 2 aromatic heterocycles. The van der Waals surface area contributed by atoms with E-state index in [1.807, 2.05) is 12.1 Å². The van der Waals surface area contributed by atoms with Gasteiger partial charge in [-0.1, -0.05) is 41.9 Å². The molecule has 1 fully saturated rings. The fourth-order valence-corrected chi connectivity index (χ4v) is 6.46. The molecular formula is C33H31ClN8O5. The van der Waals surface area contributed by atoms with E-state index in [4.69, 9.17) is 21.3 Å². The summed E-state index contributed by atoms with van der Waals surface area (Å²) in [6, 6.07) is 14.7. The minimum absolute atomic E-state index is 0.0219. The summed E-state index contributed by atoms with van der Waals surface area (Å²) in [6.45, 7) is 0.653. The normalized spacial score (nSPS) is 16.8. The Balaban J connectivity index is 1.32. The van der Waals surface area contributed by atoms with Gasteiger partial charge in [-0.3, -0.25) is 19.0 Å². The summed E-state index contributed by atoms with van der Waals surface area (Å²) in [5.41, 5.74) is 2.70. The summed E-state index contributed by atoms with van der Waals surface area (Å²) in [5.74, 6) is -0.297. The number of benzene rings is 2. The van der Waals surface area contributed by atoms with Gasteiger partial charge in [-0.05, 0) is 37.0 Å². The van der Waals surface area contributed by atoms with E-state index in [9.17, 15) is 24.4 Å². The molecule has 3 heterocycles. The van der Waals surface area contributed by atoms with Crippen LogP contribution in [0.1, 0.15) is 52.5 Å². The SMILES string of the molecule is COc1nc(-c2cccc(-c3cccc(NC(=O)c4nn(C)c(=O)n(C)c4=O)c3Cl)c2C#N)cc2c1[C@@H](NC[C@@H]1CCC(=O)N1)CC2. The van der Waals surface area contributed by atoms with E-state index < -0.39 is 22.9 Å². The van der Waals surface area contributed by atoms with Crippen LogP contribution in [0.15, 0.2) is 52.1 Å². The highest BCUT2D eigenvalue weighted by Crippen LogP contribution is 2.42. The number of carbonyl (C=O) groups is 2. The number of amides is 2. The number of aromatic nitrogens is 4. The van der Waals surface area contributed by atoms with Gasteiger partial charge in [0.1, 0.15) is 6.07 Å². The Labute approximate surface area is 274 Å². The number of rotatable bonds is 8. The molecule has 0 radical (unpaired) electrons. The van der Waals surface area contributed by atoms with Crippen molar-refractivity contribution >= 4 is 29.1 Å². The number of methoxy groups -OCH3 is 1. The summed E-state index contributed by atoms with van der Waals surface area (Å²) in [7, 11) is 4.16. The maximum absolute atomic E-state index is 13.1. The molecule has 2 aliphatic rings. The van der Waals surface area contributed by atoms with E-state index in [2.05, 4.69) is 27.1 Å². The third-order valence-corrected chi connectivity index (χ3v) is 8.98. The number of hydrogen-bond donors (Lipinski definition) is 3. The summed E-state index contributed by atoms with van der Waals surface area (Å²) >= 11 is 6.81. The van der Waals surface area contributed by atoms with Crippen LogP contribution in [0.2, 0.25) is 5.02 Å². The number of pyridine rings is 1. The molecule has 2 aromatic carbocycles. The molecule has 2 amide bonds. The quantitative estimate of drug-likeness (QED) is 0.258. The number of nitrogens with one attached hydrogen (secondary N) is 3. The first kappa shape index (κ1) is 31.7. The molecule has 0 spiro atoms. The van der Waals surface area contributed by atoms with Crippen molar-refractivity contribution in [2.24, 2.45) is 14.1 Å². The van der Waals surface area contributed by atoms with Gasteiger partial charge in [-0.25, -0.2) is 14.5 Å². The van der Waals surface area contributed by atoms with Gasteiger partial charge in [0, 0.05) is 61.4 Å². The van der Waals surface area contributed by atoms with Crippen LogP contribution in [0.3, 0.4) is 0 Å². The summed E-state index contributed by atoms with van der Waals surface area (Å²) in [4.78, 5) is 54.1. The zero-order valence-electron chi connectivity index (χ0n) is 25.9. The molecular weight excluding hydrogens is 624 g/mol. The van der Waals surface area contributed by atoms with Crippen LogP contribution in [-0.4, -0.2) is 50.8 Å². The van der Waals surface area contributed by atoms with Gasteiger partial charge in [0.05, 0.1) is 29.1 Å². The average molecular weight is 655 g/mol. The first-order chi connectivity index (χ1) is 22.6. The van der Waals surface area contributed by atoms with Crippen molar-refractivity contribution in [3.05, 3.63) is 90.7 Å². The Hall–Kier alpha value is -5.32. The number of anilines is 1. The van der Waals surface area contributed by atoms with Crippen LogP contribution in [0.5, 0.6) is 5.88 Å². The maximum atomic E-state index is 13.1. The van der Waals surface area contributed by atoms with E-state index in [1.165, 1.54) is 14.1 Å². The first-order valence-electron chi connectivity index (χ1n) is 15.0. The van der Waals surface area contributed by atoms with Crippen molar-refractivity contribution in [3.63, 3.8) is 0 Å². The fraction of sp³-hybridized carbons (Fsp3) is 0.303. The largest absolute Gasteiger partial charge is 0.481 e. The van der Waals surface area contributed by atoms with Crippen molar-refractivity contribution in [2.75, 3.05) is 19.0 Å². The van der Waals surface area contributed by atoms with Crippen LogP contribution in [0.4, 0.5) is 5.69 Å². The number of hydrogen-bond acceptors (Lipinski definition) is 9. The molecule has 47 heavy (non-hydrogen) atoms. The molecule has 3 N–H and O–H groups in total. The smallest absolute Gasteiger partial charge is 0.346 e. The number of carbonyl (C=O) groups excluding carboxylic acids is 2. The third kappa shape index (κ3) is 5.89. The Morgan fingerprint density at radius 2 is 1.85 bits per heavy atom. The molecule has 0 saturated carbocycles. The number of halogens is 1. The predicted octanol–water partition coefficient (Wildman–Crippen LogP) is 2.85. The van der Waals surface area contributed by atoms with Gasteiger partial charge in [-0.15, -0.1) is 0 Å². The van der Waals surface area contributed by atoms with E-state index in [1.54, 1.807) is 37.4 Å². The second-order valence-electron chi connectivity index (χ2n) is 11.5. The Kier molecular flexibility index (Phi) is 8.63. The lowest BCUT2D eigenvalue weighted by atomic mass is 9.93. The number of fused-ring (bicyclic) bond motifs is 1. The van der Waals surface area contributed by atoms with E-state index in [0.717, 1.165) is 39.6 Å². The summed E-state index contributed by atoms with van der Waals surface area (Å²) in [6.07, 6.45) is 2.98. The van der Waals surface area contributed by atoms with Crippen molar-refractivity contribution in [2.45, 2.75) is 37.8 Å². The number of aryl methyl sites for hydroxylation is 2. The van der Waals surface area contributed by atoms with Gasteiger partial charge >= 0.3 is 5.69 Å². The van der Waals surface area contributed by atoms with E-state index in [0.29, 0.717) is 46.8 Å². The van der Waals surface area contributed by atoms with E-state index in [-0.39, 0.29) is 28.7 Å². The van der Waals surface area contributed by atoms with Gasteiger partial charge in [0.15, 0.2) is 0 Å². The molecule has 1 aliphatic carbocycles. The highest BCUT2D eigenvalue weighted by atomic mass is 35.5. The topological polar surface area (TPSA) is 173 Å². The molecule has 0 bridgehead atoms. The molecule has 240 valence electrons. The minimum Gasteiger partial charge on any atom is -0.481 e. The molecule has 14 heteroatoms. The van der Waals surface area contributed by atoms with Crippen LogP contribution in [0, 0.1) is 11.3 Å². The molecule has 1 saturated heterocycles. The molecule has 4 aromatic rings. The number of nitrogens with zero attached hydrogens (tertiary/aromatic N) is 5. The number of nitriles is 1. The average Bonchev–Trinajstić information content (AvgIpc) is 3.69. The Bertz CT molecular complexity index is 2100. The van der Waals surface area contributed by atoms with Gasteiger partial charge in [0.2, 0.25) is 17.5 Å². The zero-order chi connectivity index (χ0) is 33.4. The van der Waals surface area contributed by atoms with Crippen LogP contribution < -0.4 is 31.9 Å². The van der Waals surface area contributed by atoms with E-state index >= 15 is 0 Å². The number of ether oxygens (including phenoxy) is 1. The maximum Gasteiger partial charge on any atom is 0.346 e. The van der Waals surface area contributed by atoms with Crippen molar-refractivity contribution in [1.29, 1.82) is 5.26 Å². The fourth-order valence-electron chi connectivity index (χ4n) is 6.19. The lowest BCUT2D eigenvalue weighted by molar-refractivity contribution is -0.119. The highest BCUT2D eigenvalue weighted by molar-refractivity contribution is 6.36. The second kappa shape index (κ2) is 12.8. The molecule has 0 unspecified atom stereocenters. The molecule has 1 aliphatic heterocycles. The standard InChI is InChI=1S/C33H31ClN8O5/c1-41-32(45)29(40-42(2)33(41)46)30(44)38-24-9-5-8-21(28(24)34)19-6-4-7-20(22(19)15-35)25-14-17-10-12-23(27(17)31(39-25)47-3)36-16-18-11-13-26(43)37-18/h4-9,14,18,23,36H,10-13,16H2,1-3H3,(H,37,43)(H,38,44)/t18-,23-/m0/s1. The Morgan fingerprint density at radius 3 is 2.57 bits per heavy atom. The first-order valence-corrected chi connectivity index (χ1v) is 15.4. The van der Waals surface area contributed by atoms with Crippen molar-refractivity contribution in [1.82, 2.24) is 30.0 Å². The van der Waals surface area contributed by atoms with Gasteiger partial charge in [0.25, 0.3) is 11.5 Å². The summed E-state index contributed by atoms with van der Waals surface area (Å²) in [5, 5.41) is 23.5. The predicted molar refractivity (Wildman–Crippen MR) is 174 cm³/mol. The van der Waals surface area contributed by atoms with Crippen molar-refractivity contribution in [3.8, 4) is 34.3 Å². The van der Waals surface area contributed by atoms with Crippen molar-refractivity contribution < 1.29 is 14.3 Å². The van der Waals surface area contributed by atoms with Crippen LogP contribution in [-0.2, 0) is 25.3 Å². The molecule has 2 atom stereocenters. The third-order valence-electron chi connectivity index (χ3n) is 8.57. The lowest BCUT2D eigenvalue weighted by Gasteiger charge is -2.20. The van der Waals surface area contributed by atoms with Gasteiger partial charge in [-0.2, -0.15) is 10.4 Å². The second-order valence-corrected chi connectivity index (χ2v) is 11.9. The molecule has 13 nitrogen and oxygen atoms in total. The minimum atomic E-state index is -0.848. The highest BCUT2D eigenvalue weighted by Gasteiger charge is 2.30. The summed E-state index contributed by atoms with van der Waals surface area (Å²) < 4.78 is 7.44. The molecule has 6 rings (SSSR count). The monoisotopic (exact) mass is 654 g/mol.